The summed E-state index contributed by atoms with van der Waals surface area (Å²) in [6.45, 7) is 2.95. The van der Waals surface area contributed by atoms with E-state index in [0.717, 1.165) is 17.8 Å². The fourth-order valence-electron chi connectivity index (χ4n) is 2.32. The molecule has 1 N–H and O–H groups in total. The molecular formula is C13H16N4. The first-order chi connectivity index (χ1) is 8.22. The first-order valence-corrected chi connectivity index (χ1v) is 5.79. The van der Waals surface area contributed by atoms with E-state index in [0.29, 0.717) is 0 Å². The average molecular weight is 228 g/mol. The number of hydrogen-bond acceptors (Lipinski definition) is 2. The molecule has 0 saturated heterocycles. The molecule has 0 unspecified atom stereocenters. The second-order valence-corrected chi connectivity index (χ2v) is 4.43. The highest BCUT2D eigenvalue weighted by Gasteiger charge is 2.11. The normalized spacial score (nSPS) is 11.7. The van der Waals surface area contributed by atoms with E-state index in [1.807, 2.05) is 7.05 Å². The number of nitrogens with one attached hydrogen (secondary N) is 1. The van der Waals surface area contributed by atoms with Gasteiger partial charge >= 0.3 is 0 Å². The molecular weight excluding hydrogens is 212 g/mol. The van der Waals surface area contributed by atoms with Crippen LogP contribution in [0.5, 0.6) is 0 Å². The van der Waals surface area contributed by atoms with Crippen molar-refractivity contribution in [2.45, 2.75) is 13.5 Å². The van der Waals surface area contributed by atoms with Crippen LogP contribution in [0.15, 0.2) is 24.4 Å². The first kappa shape index (κ1) is 10.4. The van der Waals surface area contributed by atoms with E-state index in [4.69, 9.17) is 4.98 Å². The topological polar surface area (TPSA) is 34.3 Å². The third kappa shape index (κ3) is 1.37. The Kier molecular flexibility index (Phi) is 2.19. The fraction of sp³-hybridized carbons (Fsp3) is 0.308. The molecule has 0 amide bonds. The van der Waals surface area contributed by atoms with Gasteiger partial charge in [-0.15, -0.1) is 0 Å². The van der Waals surface area contributed by atoms with Crippen molar-refractivity contribution in [3.05, 3.63) is 35.7 Å². The second kappa shape index (κ2) is 3.60. The predicted molar refractivity (Wildman–Crippen MR) is 69.2 cm³/mol. The summed E-state index contributed by atoms with van der Waals surface area (Å²) in [6.07, 6.45) is 2.15. The molecule has 2 heterocycles. The summed E-state index contributed by atoms with van der Waals surface area (Å²) in [5.74, 6) is 1.000. The molecule has 0 bridgehead atoms. The van der Waals surface area contributed by atoms with E-state index in [9.17, 15) is 0 Å². The number of rotatable bonds is 2. The van der Waals surface area contributed by atoms with E-state index in [1.54, 1.807) is 0 Å². The predicted octanol–water partition coefficient (Wildman–Crippen LogP) is 1.85. The van der Waals surface area contributed by atoms with Crippen molar-refractivity contribution in [2.24, 2.45) is 7.05 Å². The van der Waals surface area contributed by atoms with Crippen molar-refractivity contribution in [3.63, 3.8) is 0 Å². The largest absolute Gasteiger partial charge is 0.316 e. The molecule has 0 spiro atoms. The van der Waals surface area contributed by atoms with Crippen LogP contribution in [-0.2, 0) is 13.6 Å². The Morgan fingerprint density at radius 2 is 2.18 bits per heavy atom. The summed E-state index contributed by atoms with van der Waals surface area (Å²) in [6, 6.07) is 6.30. The van der Waals surface area contributed by atoms with E-state index < -0.39 is 0 Å². The molecule has 0 saturated carbocycles. The van der Waals surface area contributed by atoms with Crippen molar-refractivity contribution in [3.8, 4) is 0 Å². The fourth-order valence-corrected chi connectivity index (χ4v) is 2.32. The lowest BCUT2D eigenvalue weighted by Crippen LogP contribution is -2.08. The summed E-state index contributed by atoms with van der Waals surface area (Å²) in [5, 5.41) is 3.17. The SMILES string of the molecule is CNCc1cn2c3cccc(C)c3nc2n1C. The van der Waals surface area contributed by atoms with Crippen molar-refractivity contribution >= 4 is 16.8 Å². The van der Waals surface area contributed by atoms with Crippen LogP contribution in [-0.4, -0.2) is 21.0 Å². The van der Waals surface area contributed by atoms with Crippen molar-refractivity contribution in [1.29, 1.82) is 0 Å². The zero-order valence-corrected chi connectivity index (χ0v) is 10.4. The van der Waals surface area contributed by atoms with Crippen LogP contribution >= 0.6 is 0 Å². The number of aromatic nitrogens is 3. The monoisotopic (exact) mass is 228 g/mol. The average Bonchev–Trinajstić information content (AvgIpc) is 2.81. The van der Waals surface area contributed by atoms with Gasteiger partial charge in [0.05, 0.1) is 16.7 Å². The van der Waals surface area contributed by atoms with Gasteiger partial charge in [0.15, 0.2) is 0 Å². The van der Waals surface area contributed by atoms with Crippen LogP contribution in [0.3, 0.4) is 0 Å². The number of para-hydroxylation sites is 1. The highest BCUT2D eigenvalue weighted by molar-refractivity contribution is 5.82. The van der Waals surface area contributed by atoms with Gasteiger partial charge in [-0.25, -0.2) is 4.98 Å². The molecule has 0 radical (unpaired) electrons. The lowest BCUT2D eigenvalue weighted by atomic mass is 10.2. The maximum atomic E-state index is 4.72. The molecule has 1 aromatic carbocycles. The quantitative estimate of drug-likeness (QED) is 0.726. The van der Waals surface area contributed by atoms with Gasteiger partial charge in [0.2, 0.25) is 5.78 Å². The minimum atomic E-state index is 0.854. The molecule has 2 aromatic heterocycles. The van der Waals surface area contributed by atoms with Gasteiger partial charge in [0.25, 0.3) is 0 Å². The van der Waals surface area contributed by atoms with Gasteiger partial charge in [-0.2, -0.15) is 0 Å². The van der Waals surface area contributed by atoms with Crippen LogP contribution < -0.4 is 5.32 Å². The molecule has 0 atom stereocenters. The first-order valence-electron chi connectivity index (χ1n) is 5.79. The second-order valence-electron chi connectivity index (χ2n) is 4.43. The van der Waals surface area contributed by atoms with Gasteiger partial charge in [-0.05, 0) is 25.6 Å². The van der Waals surface area contributed by atoms with Gasteiger partial charge < -0.3 is 9.88 Å². The Balaban J connectivity index is 2.37. The minimum Gasteiger partial charge on any atom is -0.316 e. The van der Waals surface area contributed by atoms with Crippen molar-refractivity contribution in [1.82, 2.24) is 19.3 Å². The number of hydrogen-bond donors (Lipinski definition) is 1. The third-order valence-corrected chi connectivity index (χ3v) is 3.27. The number of fused-ring (bicyclic) bond motifs is 3. The zero-order chi connectivity index (χ0) is 12.0. The van der Waals surface area contributed by atoms with Crippen LogP contribution in [0, 0.1) is 6.92 Å². The molecule has 4 heteroatoms. The molecule has 0 aliphatic carbocycles. The highest BCUT2D eigenvalue weighted by atomic mass is 15.2. The molecule has 17 heavy (non-hydrogen) atoms. The number of nitrogens with zero attached hydrogens (tertiary/aromatic N) is 3. The Hall–Kier alpha value is -1.81. The smallest absolute Gasteiger partial charge is 0.214 e. The summed E-state index contributed by atoms with van der Waals surface area (Å²) < 4.78 is 4.30. The highest BCUT2D eigenvalue weighted by Crippen LogP contribution is 2.21. The molecule has 3 aromatic rings. The molecule has 0 aliphatic rings. The Morgan fingerprint density at radius 1 is 1.35 bits per heavy atom. The van der Waals surface area contributed by atoms with Crippen LogP contribution in [0.2, 0.25) is 0 Å². The Bertz CT molecular complexity index is 690. The van der Waals surface area contributed by atoms with Crippen LogP contribution in [0.1, 0.15) is 11.3 Å². The number of imidazole rings is 2. The van der Waals surface area contributed by atoms with Crippen molar-refractivity contribution < 1.29 is 0 Å². The van der Waals surface area contributed by atoms with Crippen LogP contribution in [0.4, 0.5) is 0 Å². The lowest BCUT2D eigenvalue weighted by molar-refractivity contribution is 0.742. The molecule has 0 aliphatic heterocycles. The minimum absolute atomic E-state index is 0.854. The van der Waals surface area contributed by atoms with E-state index in [2.05, 4.69) is 52.7 Å². The maximum Gasteiger partial charge on any atom is 0.214 e. The van der Waals surface area contributed by atoms with Gasteiger partial charge in [0.1, 0.15) is 0 Å². The Labute approximate surface area is 99.9 Å². The summed E-state index contributed by atoms with van der Waals surface area (Å²) in [7, 11) is 4.02. The number of aryl methyl sites for hydroxylation is 2. The lowest BCUT2D eigenvalue weighted by Gasteiger charge is -2.00. The van der Waals surface area contributed by atoms with Crippen LogP contribution in [0.25, 0.3) is 16.8 Å². The van der Waals surface area contributed by atoms with Crippen molar-refractivity contribution in [2.75, 3.05) is 7.05 Å². The Morgan fingerprint density at radius 3 is 2.94 bits per heavy atom. The van der Waals surface area contributed by atoms with Gasteiger partial charge in [0, 0.05) is 19.8 Å². The summed E-state index contributed by atoms with van der Waals surface area (Å²) in [4.78, 5) is 4.72. The standard InChI is InChI=1S/C13H16N4/c1-9-5-4-6-11-12(9)15-13-16(3)10(7-14-2)8-17(11)13/h4-6,8,14H,7H2,1-3H3. The summed E-state index contributed by atoms with van der Waals surface area (Å²) in [5.41, 5.74) is 4.73. The molecule has 4 nitrogen and oxygen atoms in total. The van der Waals surface area contributed by atoms with Gasteiger partial charge in [-0.1, -0.05) is 12.1 Å². The molecule has 88 valence electrons. The van der Waals surface area contributed by atoms with E-state index in [1.165, 1.54) is 16.8 Å². The van der Waals surface area contributed by atoms with E-state index in [-0.39, 0.29) is 0 Å². The zero-order valence-electron chi connectivity index (χ0n) is 10.4. The maximum absolute atomic E-state index is 4.72. The summed E-state index contributed by atoms with van der Waals surface area (Å²) >= 11 is 0. The molecule has 0 fully saturated rings. The van der Waals surface area contributed by atoms with Gasteiger partial charge in [-0.3, -0.25) is 4.40 Å². The third-order valence-electron chi connectivity index (χ3n) is 3.27. The molecule has 3 rings (SSSR count). The van der Waals surface area contributed by atoms with E-state index >= 15 is 0 Å². The number of benzene rings is 1.